The molecule has 6 nitrogen and oxygen atoms in total. The molecular weight excluding hydrogens is 923 g/mol. The average Bonchev–Trinajstić information content (AvgIpc) is 3.41. The van der Waals surface area contributed by atoms with Crippen molar-refractivity contribution in [2.75, 3.05) is 13.2 Å². The van der Waals surface area contributed by atoms with Crippen LogP contribution in [0.25, 0.3) is 0 Å². The lowest BCUT2D eigenvalue weighted by atomic mass is 10.0. The van der Waals surface area contributed by atoms with Crippen LogP contribution in [0.2, 0.25) is 0 Å². The first kappa shape index (κ1) is 73.1. The van der Waals surface area contributed by atoms with Crippen molar-refractivity contribution in [1.82, 2.24) is 5.32 Å². The first-order valence-electron chi connectivity index (χ1n) is 33.8. The van der Waals surface area contributed by atoms with Gasteiger partial charge in [-0.2, -0.15) is 0 Å². The molecule has 0 saturated heterocycles. The average molecular weight is 1050 g/mol. The van der Waals surface area contributed by atoms with Crippen LogP contribution in [0.1, 0.15) is 367 Å². The van der Waals surface area contributed by atoms with E-state index in [1.807, 2.05) is 6.08 Å². The summed E-state index contributed by atoms with van der Waals surface area (Å²) in [4.78, 5) is 24.6. The van der Waals surface area contributed by atoms with Gasteiger partial charge in [0.2, 0.25) is 5.91 Å². The van der Waals surface area contributed by atoms with Gasteiger partial charge in [0.25, 0.3) is 0 Å². The summed E-state index contributed by atoms with van der Waals surface area (Å²) in [6.45, 7) is 4.91. The van der Waals surface area contributed by atoms with E-state index in [4.69, 9.17) is 4.74 Å². The van der Waals surface area contributed by atoms with Crippen molar-refractivity contribution in [1.29, 1.82) is 0 Å². The predicted octanol–water partition coefficient (Wildman–Crippen LogP) is 21.5. The number of aliphatic hydroxyl groups excluding tert-OH is 2. The Morgan fingerprint density at radius 1 is 0.373 bits per heavy atom. The van der Waals surface area contributed by atoms with Gasteiger partial charge in [-0.1, -0.05) is 326 Å². The molecule has 442 valence electrons. The Kier molecular flexibility index (Phi) is 63.0. The Labute approximate surface area is 468 Å². The molecule has 0 aromatic heterocycles. The largest absolute Gasteiger partial charge is 0.466 e. The summed E-state index contributed by atoms with van der Waals surface area (Å²) in [5.41, 5.74) is 0. The molecule has 1 amide bonds. The normalized spacial score (nSPS) is 12.7. The molecule has 0 fully saturated rings. The number of rotatable bonds is 63. The maximum atomic E-state index is 12.5. The van der Waals surface area contributed by atoms with E-state index in [-0.39, 0.29) is 18.5 Å². The highest BCUT2D eigenvalue weighted by atomic mass is 16.5. The molecule has 75 heavy (non-hydrogen) atoms. The lowest BCUT2D eigenvalue weighted by molar-refractivity contribution is -0.143. The van der Waals surface area contributed by atoms with E-state index < -0.39 is 12.1 Å². The highest BCUT2D eigenvalue weighted by molar-refractivity contribution is 5.76. The van der Waals surface area contributed by atoms with Crippen LogP contribution in [0.3, 0.4) is 0 Å². The smallest absolute Gasteiger partial charge is 0.305 e. The second-order valence-electron chi connectivity index (χ2n) is 23.2. The van der Waals surface area contributed by atoms with Crippen LogP contribution in [0, 0.1) is 0 Å². The third-order valence-corrected chi connectivity index (χ3v) is 15.7. The summed E-state index contributed by atoms with van der Waals surface area (Å²) in [6.07, 6.45) is 82.0. The van der Waals surface area contributed by atoms with Gasteiger partial charge >= 0.3 is 5.97 Å². The number of aliphatic hydroxyl groups is 2. The van der Waals surface area contributed by atoms with Gasteiger partial charge in [-0.15, -0.1) is 0 Å². The van der Waals surface area contributed by atoms with Crippen LogP contribution >= 0.6 is 0 Å². The van der Waals surface area contributed by atoms with E-state index in [0.29, 0.717) is 19.4 Å². The maximum Gasteiger partial charge on any atom is 0.305 e. The summed E-state index contributed by atoms with van der Waals surface area (Å²) >= 11 is 0. The van der Waals surface area contributed by atoms with Crippen molar-refractivity contribution in [2.45, 2.75) is 379 Å². The van der Waals surface area contributed by atoms with Crippen LogP contribution in [0.5, 0.6) is 0 Å². The van der Waals surface area contributed by atoms with Gasteiger partial charge < -0.3 is 20.3 Å². The van der Waals surface area contributed by atoms with Crippen molar-refractivity contribution in [3.8, 4) is 0 Å². The Balaban J connectivity index is 3.42. The molecule has 0 rings (SSSR count). The van der Waals surface area contributed by atoms with Crippen LogP contribution in [0.15, 0.2) is 36.5 Å². The van der Waals surface area contributed by atoms with Gasteiger partial charge in [-0.3, -0.25) is 9.59 Å². The lowest BCUT2D eigenvalue weighted by Gasteiger charge is -2.20. The third-order valence-electron chi connectivity index (χ3n) is 15.7. The Hall–Kier alpha value is -1.92. The number of nitrogens with one attached hydrogen (secondary N) is 1. The first-order valence-corrected chi connectivity index (χ1v) is 33.8. The number of ether oxygens (including phenoxy) is 1. The summed E-state index contributed by atoms with van der Waals surface area (Å²) in [5.74, 6) is -0.0638. The number of unbranched alkanes of at least 4 members (excludes halogenated alkanes) is 48. The molecule has 0 aromatic carbocycles. The minimum absolute atomic E-state index is 0.00311. The Morgan fingerprint density at radius 2 is 0.667 bits per heavy atom. The zero-order valence-corrected chi connectivity index (χ0v) is 50.5. The number of esters is 1. The van der Waals surface area contributed by atoms with Crippen molar-refractivity contribution < 1.29 is 24.5 Å². The zero-order valence-electron chi connectivity index (χ0n) is 50.5. The molecule has 2 atom stereocenters. The van der Waals surface area contributed by atoms with Crippen LogP contribution < -0.4 is 5.32 Å². The number of amides is 1. The summed E-state index contributed by atoms with van der Waals surface area (Å²) in [7, 11) is 0. The van der Waals surface area contributed by atoms with E-state index >= 15 is 0 Å². The van der Waals surface area contributed by atoms with Crippen molar-refractivity contribution in [3.05, 3.63) is 36.5 Å². The molecule has 0 heterocycles. The second-order valence-corrected chi connectivity index (χ2v) is 23.2. The van der Waals surface area contributed by atoms with Gasteiger partial charge in [0.1, 0.15) is 0 Å². The first-order chi connectivity index (χ1) is 37.0. The second kappa shape index (κ2) is 64.6. The monoisotopic (exact) mass is 1050 g/mol. The van der Waals surface area contributed by atoms with Crippen LogP contribution in [-0.4, -0.2) is 47.4 Å². The van der Waals surface area contributed by atoms with E-state index in [1.54, 1.807) is 6.08 Å². The quantitative estimate of drug-likeness (QED) is 0.0320. The number of hydrogen-bond acceptors (Lipinski definition) is 5. The Bertz CT molecular complexity index is 1210. The number of hydrogen-bond donors (Lipinski definition) is 3. The van der Waals surface area contributed by atoms with Crippen molar-refractivity contribution in [3.63, 3.8) is 0 Å². The molecule has 0 saturated carbocycles. The third kappa shape index (κ3) is 61.2. The highest BCUT2D eigenvalue weighted by Crippen LogP contribution is 2.18. The molecule has 0 spiro atoms. The maximum absolute atomic E-state index is 12.5. The number of allylic oxidation sites excluding steroid dienone is 5. The molecule has 0 radical (unpaired) electrons. The topological polar surface area (TPSA) is 95.9 Å². The van der Waals surface area contributed by atoms with Gasteiger partial charge in [-0.05, 0) is 64.2 Å². The molecular formula is C69H131NO5. The molecule has 0 aromatic rings. The highest BCUT2D eigenvalue weighted by Gasteiger charge is 2.18. The standard InChI is InChI=1S/C69H131NO5/c1-3-5-7-9-11-13-15-17-19-21-23-26-29-33-37-41-45-49-53-57-61-67(72)66(65-71)70-68(73)62-58-54-50-46-42-38-34-30-27-24-25-28-32-36-40-44-48-52-56-60-64-75-69(74)63-59-55-51-47-43-39-35-31-22-20-18-16-14-12-10-8-6-4-2/h14,16,20,22,57,61,66-67,71-72H,3-13,15,17-19,21,23-56,58-60,62-65H2,1-2H3,(H,70,73)/b16-14-,22-20-,61-57+. The molecule has 0 bridgehead atoms. The van der Waals surface area contributed by atoms with Crippen LogP contribution in [-0.2, 0) is 14.3 Å². The van der Waals surface area contributed by atoms with E-state index in [9.17, 15) is 19.8 Å². The number of carbonyl (C=O) groups excluding carboxylic acids is 2. The fraction of sp³-hybridized carbons (Fsp3) is 0.884. The summed E-state index contributed by atoms with van der Waals surface area (Å²) in [5, 5.41) is 23.2. The SMILES string of the molecule is CCCCCC/C=C\C/C=C\CCCCCCCCCC(=O)OCCCCCCCCCCCCCCCCCCCCCCC(=O)NC(CO)C(O)/C=C/CCCCCCCCCCCCCCCCCCCC. The fourth-order valence-electron chi connectivity index (χ4n) is 10.5. The molecule has 0 aliphatic heterocycles. The number of carbonyl (C=O) groups is 2. The predicted molar refractivity (Wildman–Crippen MR) is 329 cm³/mol. The molecule has 3 N–H and O–H groups in total. The summed E-state index contributed by atoms with van der Waals surface area (Å²) in [6, 6.07) is -0.631. The molecule has 0 aliphatic rings. The van der Waals surface area contributed by atoms with Crippen molar-refractivity contribution in [2.24, 2.45) is 0 Å². The van der Waals surface area contributed by atoms with E-state index in [2.05, 4.69) is 43.5 Å². The minimum Gasteiger partial charge on any atom is -0.466 e. The van der Waals surface area contributed by atoms with E-state index in [1.165, 1.54) is 289 Å². The van der Waals surface area contributed by atoms with Crippen LogP contribution in [0.4, 0.5) is 0 Å². The molecule has 0 aliphatic carbocycles. The fourth-order valence-corrected chi connectivity index (χ4v) is 10.5. The van der Waals surface area contributed by atoms with Gasteiger partial charge in [0.05, 0.1) is 25.4 Å². The zero-order chi connectivity index (χ0) is 54.3. The minimum atomic E-state index is -0.847. The van der Waals surface area contributed by atoms with Gasteiger partial charge in [-0.25, -0.2) is 0 Å². The van der Waals surface area contributed by atoms with Gasteiger partial charge in [0, 0.05) is 12.8 Å². The van der Waals surface area contributed by atoms with Gasteiger partial charge in [0.15, 0.2) is 0 Å². The van der Waals surface area contributed by atoms with E-state index in [0.717, 1.165) is 51.4 Å². The molecule has 2 unspecified atom stereocenters. The Morgan fingerprint density at radius 3 is 1.03 bits per heavy atom. The summed E-state index contributed by atoms with van der Waals surface area (Å²) < 4.78 is 5.50. The lowest BCUT2D eigenvalue weighted by Crippen LogP contribution is -2.45. The van der Waals surface area contributed by atoms with Crippen molar-refractivity contribution >= 4 is 11.9 Å². The molecule has 6 heteroatoms.